The van der Waals surface area contributed by atoms with Crippen LogP contribution < -0.4 is 11.3 Å². The van der Waals surface area contributed by atoms with E-state index in [-0.39, 0.29) is 16.9 Å². The zero-order valence-electron chi connectivity index (χ0n) is 12.1. The molecule has 1 amide bonds. The first kappa shape index (κ1) is 15.4. The normalized spacial score (nSPS) is 11.4. The van der Waals surface area contributed by atoms with Gasteiger partial charge < -0.3 is 15.2 Å². The fourth-order valence-corrected chi connectivity index (χ4v) is 1.77. The Labute approximate surface area is 114 Å². The van der Waals surface area contributed by atoms with Gasteiger partial charge >= 0.3 is 0 Å². The van der Waals surface area contributed by atoms with Crippen molar-refractivity contribution in [3.05, 3.63) is 34.2 Å². The molecule has 0 unspecified atom stereocenters. The van der Waals surface area contributed by atoms with E-state index in [1.54, 1.807) is 24.2 Å². The molecule has 19 heavy (non-hydrogen) atoms. The highest BCUT2D eigenvalue weighted by Gasteiger charge is 2.23. The van der Waals surface area contributed by atoms with Gasteiger partial charge in [-0.3, -0.25) is 9.59 Å². The molecule has 0 aliphatic heterocycles. The first-order valence-corrected chi connectivity index (χ1v) is 6.47. The number of rotatable bonds is 5. The summed E-state index contributed by atoms with van der Waals surface area (Å²) >= 11 is 0. The van der Waals surface area contributed by atoms with Gasteiger partial charge in [-0.15, -0.1) is 0 Å². The van der Waals surface area contributed by atoms with Crippen molar-refractivity contribution in [2.75, 3.05) is 19.6 Å². The average molecular weight is 265 g/mol. The molecular weight excluding hydrogens is 242 g/mol. The standard InChI is InChI=1S/C14H23N3O2/c1-5-17(10-14(2,3)9-15)13(19)11-6-7-16(4)12(18)8-11/h6-8H,5,9-10,15H2,1-4H3. The summed E-state index contributed by atoms with van der Waals surface area (Å²) in [4.78, 5) is 25.7. The number of aromatic nitrogens is 1. The zero-order chi connectivity index (χ0) is 14.6. The molecule has 0 radical (unpaired) electrons. The Hall–Kier alpha value is -1.62. The highest BCUT2D eigenvalue weighted by Crippen LogP contribution is 2.16. The van der Waals surface area contributed by atoms with Crippen LogP contribution in [-0.4, -0.2) is 35.0 Å². The highest BCUT2D eigenvalue weighted by molar-refractivity contribution is 5.94. The molecule has 0 atom stereocenters. The molecule has 0 spiro atoms. The van der Waals surface area contributed by atoms with Gasteiger partial charge in [-0.25, -0.2) is 0 Å². The fourth-order valence-electron chi connectivity index (χ4n) is 1.77. The van der Waals surface area contributed by atoms with Crippen molar-refractivity contribution in [1.29, 1.82) is 0 Å². The third-order valence-electron chi connectivity index (χ3n) is 3.19. The van der Waals surface area contributed by atoms with Crippen molar-refractivity contribution in [3.63, 3.8) is 0 Å². The second-order valence-corrected chi connectivity index (χ2v) is 5.55. The number of pyridine rings is 1. The van der Waals surface area contributed by atoms with E-state index in [1.165, 1.54) is 10.6 Å². The Morgan fingerprint density at radius 1 is 1.47 bits per heavy atom. The zero-order valence-corrected chi connectivity index (χ0v) is 12.1. The number of hydrogen-bond donors (Lipinski definition) is 1. The topological polar surface area (TPSA) is 68.3 Å². The Morgan fingerprint density at radius 2 is 2.11 bits per heavy atom. The number of nitrogens with two attached hydrogens (primary N) is 1. The van der Waals surface area contributed by atoms with E-state index in [4.69, 9.17) is 5.73 Å². The maximum atomic E-state index is 12.4. The molecule has 0 aromatic carbocycles. The summed E-state index contributed by atoms with van der Waals surface area (Å²) in [5.41, 5.74) is 5.82. The number of carbonyl (C=O) groups is 1. The summed E-state index contributed by atoms with van der Waals surface area (Å²) in [5.74, 6) is -0.123. The molecule has 5 nitrogen and oxygen atoms in total. The first-order chi connectivity index (χ1) is 8.80. The van der Waals surface area contributed by atoms with Crippen LogP contribution in [0.2, 0.25) is 0 Å². The molecule has 0 aliphatic carbocycles. The summed E-state index contributed by atoms with van der Waals surface area (Å²) in [6.45, 7) is 7.64. The lowest BCUT2D eigenvalue weighted by Crippen LogP contribution is -2.42. The predicted octanol–water partition coefficient (Wildman–Crippen LogP) is 0.832. The molecule has 0 fully saturated rings. The second kappa shape index (κ2) is 6.02. The molecule has 1 aromatic heterocycles. The van der Waals surface area contributed by atoms with Gasteiger partial charge in [-0.05, 0) is 24.9 Å². The maximum Gasteiger partial charge on any atom is 0.254 e. The Bertz CT molecular complexity index is 506. The molecule has 106 valence electrons. The Morgan fingerprint density at radius 3 is 2.58 bits per heavy atom. The van der Waals surface area contributed by atoms with Gasteiger partial charge in [0.2, 0.25) is 0 Å². The van der Waals surface area contributed by atoms with Crippen LogP contribution >= 0.6 is 0 Å². The summed E-state index contributed by atoms with van der Waals surface area (Å²) in [5, 5.41) is 0. The fraction of sp³-hybridized carbons (Fsp3) is 0.571. The first-order valence-electron chi connectivity index (χ1n) is 6.47. The summed E-state index contributed by atoms with van der Waals surface area (Å²) in [7, 11) is 1.66. The largest absolute Gasteiger partial charge is 0.338 e. The monoisotopic (exact) mass is 265 g/mol. The molecule has 0 bridgehead atoms. The third kappa shape index (κ3) is 3.92. The minimum Gasteiger partial charge on any atom is -0.338 e. The minimum atomic E-state index is -0.181. The minimum absolute atomic E-state index is 0.123. The van der Waals surface area contributed by atoms with Crippen molar-refractivity contribution >= 4 is 5.91 Å². The van der Waals surface area contributed by atoms with E-state index in [2.05, 4.69) is 0 Å². The number of nitrogens with zero attached hydrogens (tertiary/aromatic N) is 2. The molecule has 1 rings (SSSR count). The van der Waals surface area contributed by atoms with Crippen LogP contribution in [-0.2, 0) is 7.05 Å². The maximum absolute atomic E-state index is 12.4. The van der Waals surface area contributed by atoms with Crippen molar-refractivity contribution < 1.29 is 4.79 Å². The van der Waals surface area contributed by atoms with E-state index in [9.17, 15) is 9.59 Å². The molecule has 5 heteroatoms. The van der Waals surface area contributed by atoms with Crippen LogP contribution in [0.4, 0.5) is 0 Å². The lowest BCUT2D eigenvalue weighted by atomic mass is 9.93. The predicted molar refractivity (Wildman–Crippen MR) is 76.1 cm³/mol. The molecule has 0 saturated carbocycles. The molecule has 1 heterocycles. The van der Waals surface area contributed by atoms with Crippen LogP contribution in [0.3, 0.4) is 0 Å². The second-order valence-electron chi connectivity index (χ2n) is 5.55. The van der Waals surface area contributed by atoms with E-state index in [1.807, 2.05) is 20.8 Å². The van der Waals surface area contributed by atoms with Gasteiger partial charge in [-0.2, -0.15) is 0 Å². The SMILES string of the molecule is CCN(CC(C)(C)CN)C(=O)c1ccn(C)c(=O)c1. The molecule has 1 aromatic rings. The Kier molecular flexibility index (Phi) is 4.89. The highest BCUT2D eigenvalue weighted by atomic mass is 16.2. The van der Waals surface area contributed by atoms with Crippen molar-refractivity contribution in [1.82, 2.24) is 9.47 Å². The number of carbonyl (C=O) groups excluding carboxylic acids is 1. The van der Waals surface area contributed by atoms with E-state index >= 15 is 0 Å². The van der Waals surface area contributed by atoms with Crippen LogP contribution in [0.25, 0.3) is 0 Å². The van der Waals surface area contributed by atoms with Crippen LogP contribution in [0, 0.1) is 5.41 Å². The van der Waals surface area contributed by atoms with Crippen LogP contribution in [0.15, 0.2) is 23.1 Å². The van der Waals surface area contributed by atoms with Crippen molar-refractivity contribution in [3.8, 4) is 0 Å². The summed E-state index contributed by atoms with van der Waals surface area (Å²) in [6, 6.07) is 3.04. The van der Waals surface area contributed by atoms with Crippen molar-refractivity contribution in [2.24, 2.45) is 18.2 Å². The lowest BCUT2D eigenvalue weighted by molar-refractivity contribution is 0.0700. The third-order valence-corrected chi connectivity index (χ3v) is 3.19. The molecule has 2 N–H and O–H groups in total. The van der Waals surface area contributed by atoms with E-state index < -0.39 is 0 Å². The van der Waals surface area contributed by atoms with Gasteiger partial charge in [0, 0.05) is 38.0 Å². The van der Waals surface area contributed by atoms with E-state index in [0.29, 0.717) is 25.2 Å². The number of aryl methyl sites for hydroxylation is 1. The van der Waals surface area contributed by atoms with Gasteiger partial charge in [0.05, 0.1) is 0 Å². The van der Waals surface area contributed by atoms with Gasteiger partial charge in [0.1, 0.15) is 0 Å². The lowest BCUT2D eigenvalue weighted by Gasteiger charge is -2.31. The summed E-state index contributed by atoms with van der Waals surface area (Å²) in [6.07, 6.45) is 1.61. The van der Waals surface area contributed by atoms with Gasteiger partial charge in [0.15, 0.2) is 0 Å². The average Bonchev–Trinajstić information content (AvgIpc) is 2.38. The number of amides is 1. The number of hydrogen-bond acceptors (Lipinski definition) is 3. The molecular formula is C14H23N3O2. The van der Waals surface area contributed by atoms with Gasteiger partial charge in [-0.1, -0.05) is 13.8 Å². The van der Waals surface area contributed by atoms with Gasteiger partial charge in [0.25, 0.3) is 11.5 Å². The quantitative estimate of drug-likeness (QED) is 0.857. The smallest absolute Gasteiger partial charge is 0.254 e. The van der Waals surface area contributed by atoms with Crippen LogP contribution in [0.1, 0.15) is 31.1 Å². The van der Waals surface area contributed by atoms with Crippen LogP contribution in [0.5, 0.6) is 0 Å². The molecule has 0 saturated heterocycles. The summed E-state index contributed by atoms with van der Waals surface area (Å²) < 4.78 is 1.44. The van der Waals surface area contributed by atoms with Crippen molar-refractivity contribution in [2.45, 2.75) is 20.8 Å². The Balaban J connectivity index is 2.95. The molecule has 0 aliphatic rings. The van der Waals surface area contributed by atoms with E-state index in [0.717, 1.165) is 0 Å².